The lowest BCUT2D eigenvalue weighted by atomic mass is 10.0. The van der Waals surface area contributed by atoms with Crippen molar-refractivity contribution in [2.75, 3.05) is 37.9 Å². The van der Waals surface area contributed by atoms with Crippen molar-refractivity contribution < 1.29 is 23.8 Å². The van der Waals surface area contributed by atoms with Gasteiger partial charge in [-0.15, -0.1) is 0 Å². The van der Waals surface area contributed by atoms with Crippen molar-refractivity contribution in [1.82, 2.24) is 5.32 Å². The van der Waals surface area contributed by atoms with Gasteiger partial charge >= 0.3 is 0 Å². The predicted octanol–water partition coefficient (Wildman–Crippen LogP) is 1.21. The van der Waals surface area contributed by atoms with E-state index in [0.717, 1.165) is 17.9 Å². The molecule has 122 valence electrons. The van der Waals surface area contributed by atoms with Crippen LogP contribution in [0.15, 0.2) is 24.3 Å². The zero-order valence-electron chi connectivity index (χ0n) is 12.2. The van der Waals surface area contributed by atoms with Crippen LogP contribution >= 0.6 is 11.8 Å². The van der Waals surface area contributed by atoms with Crippen molar-refractivity contribution in [3.63, 3.8) is 0 Å². The lowest BCUT2D eigenvalue weighted by Crippen LogP contribution is -2.46. The Morgan fingerprint density at radius 1 is 1.45 bits per heavy atom. The molecule has 0 aromatic heterocycles. The average molecular weight is 329 g/mol. The maximum absolute atomic E-state index is 13.4. The first-order chi connectivity index (χ1) is 10.7. The molecule has 5 nitrogen and oxygen atoms in total. The van der Waals surface area contributed by atoms with Gasteiger partial charge in [0.05, 0.1) is 18.8 Å². The van der Waals surface area contributed by atoms with Gasteiger partial charge < -0.3 is 19.9 Å². The first kappa shape index (κ1) is 17.1. The van der Waals surface area contributed by atoms with E-state index in [1.54, 1.807) is 23.9 Å². The number of para-hydroxylation sites is 1. The smallest absolute Gasteiger partial charge is 0.258 e. The summed E-state index contributed by atoms with van der Waals surface area (Å²) in [5, 5.41) is 11.6. The summed E-state index contributed by atoms with van der Waals surface area (Å²) >= 11 is 1.76. The molecule has 7 heteroatoms. The maximum atomic E-state index is 13.4. The summed E-state index contributed by atoms with van der Waals surface area (Å²) in [5.74, 6) is 0.978. The third-order valence-corrected chi connectivity index (χ3v) is 4.59. The second-order valence-electron chi connectivity index (χ2n) is 5.05. The second-order valence-corrected chi connectivity index (χ2v) is 6.16. The maximum Gasteiger partial charge on any atom is 0.258 e. The summed E-state index contributed by atoms with van der Waals surface area (Å²) in [6.45, 7) is 0.322. The Kier molecular flexibility index (Phi) is 6.48. The van der Waals surface area contributed by atoms with Crippen LogP contribution in [0.2, 0.25) is 0 Å². The Hall–Kier alpha value is -1.31. The molecule has 1 heterocycles. The topological polar surface area (TPSA) is 67.8 Å². The molecule has 1 aromatic rings. The van der Waals surface area contributed by atoms with Crippen LogP contribution in [0.25, 0.3) is 0 Å². The third kappa shape index (κ3) is 4.86. The minimum Gasteiger partial charge on any atom is -0.481 e. The quantitative estimate of drug-likeness (QED) is 0.750. The number of carbonyl (C=O) groups excluding carboxylic acids is 1. The molecule has 2 N–H and O–H groups in total. The molecule has 1 aliphatic heterocycles. The lowest BCUT2D eigenvalue weighted by Gasteiger charge is -2.28. The van der Waals surface area contributed by atoms with E-state index in [1.165, 1.54) is 12.1 Å². The highest BCUT2D eigenvalue weighted by Gasteiger charge is 2.35. The van der Waals surface area contributed by atoms with Crippen molar-refractivity contribution in [2.45, 2.75) is 12.0 Å². The van der Waals surface area contributed by atoms with Crippen LogP contribution in [0.4, 0.5) is 4.39 Å². The van der Waals surface area contributed by atoms with Crippen LogP contribution in [-0.4, -0.2) is 54.5 Å². The van der Waals surface area contributed by atoms with Gasteiger partial charge in [0.1, 0.15) is 0 Å². The largest absolute Gasteiger partial charge is 0.481 e. The number of hydrogen-bond acceptors (Lipinski definition) is 5. The highest BCUT2D eigenvalue weighted by Crippen LogP contribution is 2.30. The molecule has 0 radical (unpaired) electrons. The van der Waals surface area contributed by atoms with E-state index in [0.29, 0.717) is 6.54 Å². The summed E-state index contributed by atoms with van der Waals surface area (Å²) in [6, 6.07) is 5.95. The van der Waals surface area contributed by atoms with Gasteiger partial charge in [0.15, 0.2) is 18.2 Å². The zero-order valence-corrected chi connectivity index (χ0v) is 13.0. The molecule has 2 rings (SSSR count). The number of aliphatic hydroxyl groups is 1. The molecular formula is C15H20FNO4S. The fourth-order valence-corrected chi connectivity index (χ4v) is 3.53. The molecule has 1 aromatic carbocycles. The first-order valence-corrected chi connectivity index (χ1v) is 8.27. The van der Waals surface area contributed by atoms with Gasteiger partial charge in [0.25, 0.3) is 5.91 Å². The molecule has 22 heavy (non-hydrogen) atoms. The van der Waals surface area contributed by atoms with E-state index in [9.17, 15) is 9.18 Å². The van der Waals surface area contributed by atoms with E-state index in [-0.39, 0.29) is 31.5 Å². The number of ether oxygens (including phenoxy) is 2. The Morgan fingerprint density at radius 2 is 2.27 bits per heavy atom. The highest BCUT2D eigenvalue weighted by atomic mass is 32.2. The normalized spacial score (nSPS) is 20.8. The fraction of sp³-hybridized carbons (Fsp3) is 0.533. The van der Waals surface area contributed by atoms with Gasteiger partial charge in [-0.1, -0.05) is 12.1 Å². The molecule has 1 atom stereocenters. The van der Waals surface area contributed by atoms with Crippen LogP contribution in [0.1, 0.15) is 6.42 Å². The van der Waals surface area contributed by atoms with Crippen molar-refractivity contribution in [2.24, 2.45) is 0 Å². The first-order valence-electron chi connectivity index (χ1n) is 7.12. The second kappa shape index (κ2) is 8.36. The summed E-state index contributed by atoms with van der Waals surface area (Å²) in [7, 11) is 0. The number of amides is 1. The molecule has 0 saturated carbocycles. The van der Waals surface area contributed by atoms with Crippen LogP contribution in [0, 0.1) is 5.82 Å². The van der Waals surface area contributed by atoms with Crippen molar-refractivity contribution in [1.29, 1.82) is 0 Å². The molecular weight excluding hydrogens is 309 g/mol. The Balaban J connectivity index is 1.78. The number of carbonyl (C=O) groups is 1. The number of hydrogen-bond donors (Lipinski definition) is 2. The molecule has 0 aliphatic carbocycles. The van der Waals surface area contributed by atoms with Gasteiger partial charge in [-0.3, -0.25) is 4.79 Å². The lowest BCUT2D eigenvalue weighted by molar-refractivity contribution is -0.125. The van der Waals surface area contributed by atoms with E-state index in [2.05, 4.69) is 5.32 Å². The Labute approximate surface area is 133 Å². The Bertz CT molecular complexity index is 494. The molecule has 1 unspecified atom stereocenters. The van der Waals surface area contributed by atoms with E-state index < -0.39 is 11.4 Å². The number of aliphatic hydroxyl groups excluding tert-OH is 1. The minimum atomic E-state index is -0.495. The SMILES string of the molecule is O=C(COc1ccccc1F)NCC1(OCCO)CCSC1. The van der Waals surface area contributed by atoms with Crippen LogP contribution < -0.4 is 10.1 Å². The highest BCUT2D eigenvalue weighted by molar-refractivity contribution is 7.99. The van der Waals surface area contributed by atoms with Crippen LogP contribution in [0.3, 0.4) is 0 Å². The average Bonchev–Trinajstić information content (AvgIpc) is 2.99. The standard InChI is InChI=1S/C15H20FNO4S/c16-12-3-1-2-4-13(12)20-9-14(19)17-10-15(21-7-6-18)5-8-22-11-15/h1-4,18H,5-11H2,(H,17,19). The predicted molar refractivity (Wildman–Crippen MR) is 82.6 cm³/mol. The van der Waals surface area contributed by atoms with E-state index >= 15 is 0 Å². The van der Waals surface area contributed by atoms with Crippen LogP contribution in [0.5, 0.6) is 5.75 Å². The Morgan fingerprint density at radius 3 is 2.95 bits per heavy atom. The minimum absolute atomic E-state index is 0.0449. The van der Waals surface area contributed by atoms with Gasteiger partial charge in [-0.05, 0) is 24.3 Å². The van der Waals surface area contributed by atoms with E-state index in [1.807, 2.05) is 0 Å². The monoisotopic (exact) mass is 329 g/mol. The fourth-order valence-electron chi connectivity index (χ4n) is 2.17. The number of benzene rings is 1. The molecule has 1 fully saturated rings. The molecule has 1 aliphatic rings. The number of rotatable bonds is 8. The van der Waals surface area contributed by atoms with Gasteiger partial charge in [-0.25, -0.2) is 4.39 Å². The number of thioether (sulfide) groups is 1. The molecule has 0 spiro atoms. The third-order valence-electron chi connectivity index (χ3n) is 3.37. The molecule has 1 saturated heterocycles. The zero-order chi connectivity index (χ0) is 15.8. The van der Waals surface area contributed by atoms with Crippen molar-refractivity contribution >= 4 is 17.7 Å². The summed E-state index contributed by atoms with van der Waals surface area (Å²) in [6.07, 6.45) is 0.826. The van der Waals surface area contributed by atoms with Crippen LogP contribution in [-0.2, 0) is 9.53 Å². The summed E-state index contributed by atoms with van der Waals surface area (Å²) in [4.78, 5) is 11.8. The van der Waals surface area contributed by atoms with Gasteiger partial charge in [0, 0.05) is 12.3 Å². The summed E-state index contributed by atoms with van der Waals surface area (Å²) in [5.41, 5.74) is -0.430. The number of nitrogens with one attached hydrogen (secondary N) is 1. The van der Waals surface area contributed by atoms with E-state index in [4.69, 9.17) is 14.6 Å². The number of halogens is 1. The van der Waals surface area contributed by atoms with Gasteiger partial charge in [0.2, 0.25) is 0 Å². The molecule has 0 bridgehead atoms. The summed E-state index contributed by atoms with van der Waals surface area (Å²) < 4.78 is 24.2. The van der Waals surface area contributed by atoms with Crippen molar-refractivity contribution in [3.05, 3.63) is 30.1 Å². The molecule has 1 amide bonds. The van der Waals surface area contributed by atoms with Gasteiger partial charge in [-0.2, -0.15) is 11.8 Å². The van der Waals surface area contributed by atoms with Crippen molar-refractivity contribution in [3.8, 4) is 5.75 Å².